The summed E-state index contributed by atoms with van der Waals surface area (Å²) in [7, 11) is 1.28. The molecular weight excluding hydrogens is 426 g/mol. The maximum atomic E-state index is 12.3. The van der Waals surface area contributed by atoms with Crippen molar-refractivity contribution in [3.63, 3.8) is 0 Å². The van der Waals surface area contributed by atoms with E-state index in [1.54, 1.807) is 36.4 Å². The molecule has 2 aromatic carbocycles. The van der Waals surface area contributed by atoms with Crippen molar-refractivity contribution >= 4 is 39.3 Å². The number of benzene rings is 2. The van der Waals surface area contributed by atoms with Gasteiger partial charge in [-0.3, -0.25) is 10.1 Å². The van der Waals surface area contributed by atoms with E-state index in [4.69, 9.17) is 4.74 Å². The summed E-state index contributed by atoms with van der Waals surface area (Å²) in [5.41, 5.74) is 1.52. The maximum absolute atomic E-state index is 12.3. The Balaban J connectivity index is 1.60. The number of hydrogen-bond acceptors (Lipinski definition) is 5. The summed E-state index contributed by atoms with van der Waals surface area (Å²) in [4.78, 5) is 27.7. The Morgan fingerprint density at radius 1 is 0.964 bits per heavy atom. The highest BCUT2D eigenvalue weighted by Crippen LogP contribution is 2.23. The molecule has 0 aliphatic rings. The molecule has 142 valence electrons. The highest BCUT2D eigenvalue weighted by atomic mass is 79.9. The van der Waals surface area contributed by atoms with Gasteiger partial charge in [0.05, 0.1) is 12.7 Å². The summed E-state index contributed by atoms with van der Waals surface area (Å²) in [5, 5.41) is 5.29. The second-order valence-corrected chi connectivity index (χ2v) is 6.51. The number of carbonyl (C=O) groups is 2. The van der Waals surface area contributed by atoms with Crippen LogP contribution >= 0.6 is 15.9 Å². The van der Waals surface area contributed by atoms with Gasteiger partial charge in [-0.2, -0.15) is 0 Å². The first-order valence-corrected chi connectivity index (χ1v) is 8.98. The fraction of sp³-hybridized carbons (Fsp3) is 0.0500. The van der Waals surface area contributed by atoms with Gasteiger partial charge in [-0.1, -0.05) is 22.0 Å². The van der Waals surface area contributed by atoms with Gasteiger partial charge in [0.1, 0.15) is 5.75 Å². The zero-order chi connectivity index (χ0) is 19.9. The van der Waals surface area contributed by atoms with E-state index in [9.17, 15) is 9.59 Å². The van der Waals surface area contributed by atoms with Crippen molar-refractivity contribution in [3.05, 3.63) is 76.9 Å². The van der Waals surface area contributed by atoms with Crippen LogP contribution in [0.1, 0.15) is 10.4 Å². The lowest BCUT2D eigenvalue weighted by Crippen LogP contribution is -2.13. The van der Waals surface area contributed by atoms with Gasteiger partial charge in [-0.15, -0.1) is 0 Å². The molecule has 1 heterocycles. The van der Waals surface area contributed by atoms with Crippen LogP contribution in [0.15, 0.2) is 71.3 Å². The highest BCUT2D eigenvalue weighted by molar-refractivity contribution is 9.10. The number of carbonyl (C=O) groups excluding carboxylic acids is 2. The summed E-state index contributed by atoms with van der Waals surface area (Å²) in [6.07, 6.45) is 0.878. The molecular formula is C20H16BrN3O4. The number of halogens is 1. The van der Waals surface area contributed by atoms with Crippen LogP contribution in [0, 0.1) is 0 Å². The molecule has 0 spiro atoms. The van der Waals surface area contributed by atoms with Crippen LogP contribution in [0.3, 0.4) is 0 Å². The molecule has 3 aromatic rings. The van der Waals surface area contributed by atoms with Gasteiger partial charge in [0, 0.05) is 28.1 Å². The molecule has 8 heteroatoms. The Morgan fingerprint density at radius 2 is 1.68 bits per heavy atom. The molecule has 7 nitrogen and oxygen atoms in total. The van der Waals surface area contributed by atoms with Gasteiger partial charge in [0.15, 0.2) is 0 Å². The maximum Gasteiger partial charge on any atom is 0.411 e. The quantitative estimate of drug-likeness (QED) is 0.576. The lowest BCUT2D eigenvalue weighted by atomic mass is 10.2. The van der Waals surface area contributed by atoms with Crippen LogP contribution in [0.5, 0.6) is 11.6 Å². The molecule has 1 aromatic heterocycles. The van der Waals surface area contributed by atoms with Crippen molar-refractivity contribution in [2.75, 3.05) is 17.7 Å². The van der Waals surface area contributed by atoms with E-state index in [1.807, 2.05) is 24.3 Å². The van der Waals surface area contributed by atoms with Crippen LogP contribution in [-0.4, -0.2) is 24.1 Å². The molecule has 0 aliphatic carbocycles. The lowest BCUT2D eigenvalue weighted by molar-refractivity contribution is 0.102. The fourth-order valence-electron chi connectivity index (χ4n) is 2.24. The number of aromatic nitrogens is 1. The molecule has 0 aliphatic heterocycles. The average molecular weight is 442 g/mol. The van der Waals surface area contributed by atoms with Crippen molar-refractivity contribution in [2.45, 2.75) is 0 Å². The van der Waals surface area contributed by atoms with Crippen molar-refractivity contribution < 1.29 is 19.1 Å². The van der Waals surface area contributed by atoms with Crippen molar-refractivity contribution in [2.24, 2.45) is 0 Å². The molecule has 3 rings (SSSR count). The summed E-state index contributed by atoms with van der Waals surface area (Å²) in [6.45, 7) is 0. The Bertz CT molecular complexity index is 976. The van der Waals surface area contributed by atoms with Crippen LogP contribution in [0.2, 0.25) is 0 Å². The van der Waals surface area contributed by atoms with Crippen molar-refractivity contribution in [3.8, 4) is 11.6 Å². The number of hydrogen-bond donors (Lipinski definition) is 2. The number of pyridine rings is 1. The van der Waals surface area contributed by atoms with Crippen LogP contribution in [-0.2, 0) is 4.74 Å². The second kappa shape index (κ2) is 9.01. The van der Waals surface area contributed by atoms with Gasteiger partial charge in [-0.25, -0.2) is 9.78 Å². The number of methoxy groups -OCH3 is 1. The minimum absolute atomic E-state index is 0.310. The lowest BCUT2D eigenvalue weighted by Gasteiger charge is -2.08. The van der Waals surface area contributed by atoms with E-state index in [1.165, 1.54) is 13.3 Å². The molecule has 0 bridgehead atoms. The molecule has 0 unspecified atom stereocenters. The molecule has 28 heavy (non-hydrogen) atoms. The number of anilines is 2. The third-order valence-electron chi connectivity index (χ3n) is 3.59. The van der Waals surface area contributed by atoms with Gasteiger partial charge >= 0.3 is 6.09 Å². The van der Waals surface area contributed by atoms with Gasteiger partial charge in [0.2, 0.25) is 5.88 Å². The third-order valence-corrected chi connectivity index (χ3v) is 4.08. The minimum atomic E-state index is -0.562. The summed E-state index contributed by atoms with van der Waals surface area (Å²) < 4.78 is 11.1. The highest BCUT2D eigenvalue weighted by Gasteiger charge is 2.08. The number of nitrogens with zero attached hydrogens (tertiary/aromatic N) is 1. The topological polar surface area (TPSA) is 89.6 Å². The Labute approximate surface area is 169 Å². The van der Waals surface area contributed by atoms with Gasteiger partial charge in [-0.05, 0) is 48.5 Å². The molecule has 0 fully saturated rings. The van der Waals surface area contributed by atoms with Gasteiger partial charge in [0.25, 0.3) is 5.91 Å². The van der Waals surface area contributed by atoms with E-state index in [2.05, 4.69) is 36.3 Å². The van der Waals surface area contributed by atoms with Crippen LogP contribution < -0.4 is 15.4 Å². The second-order valence-electron chi connectivity index (χ2n) is 5.59. The van der Waals surface area contributed by atoms with Crippen molar-refractivity contribution in [1.29, 1.82) is 0 Å². The zero-order valence-electron chi connectivity index (χ0n) is 14.8. The number of nitrogens with one attached hydrogen (secondary N) is 2. The van der Waals surface area contributed by atoms with E-state index in [0.29, 0.717) is 28.6 Å². The number of amides is 2. The zero-order valence-corrected chi connectivity index (χ0v) is 16.4. The van der Waals surface area contributed by atoms with E-state index >= 15 is 0 Å². The SMILES string of the molecule is COC(=O)Nc1ccc(NC(=O)c2ccc(Oc3cccc(Br)c3)nc2)cc1. The number of ether oxygens (including phenoxy) is 2. The smallest absolute Gasteiger partial charge is 0.411 e. The molecule has 2 amide bonds. The summed E-state index contributed by atoms with van der Waals surface area (Å²) >= 11 is 3.38. The van der Waals surface area contributed by atoms with E-state index < -0.39 is 6.09 Å². The molecule has 2 N–H and O–H groups in total. The Kier molecular flexibility index (Phi) is 6.23. The molecule has 0 saturated heterocycles. The Morgan fingerprint density at radius 3 is 2.29 bits per heavy atom. The van der Waals surface area contributed by atoms with E-state index in [0.717, 1.165) is 4.47 Å². The summed E-state index contributed by atoms with van der Waals surface area (Å²) in [6, 6.07) is 17.3. The summed E-state index contributed by atoms with van der Waals surface area (Å²) in [5.74, 6) is 0.711. The monoisotopic (exact) mass is 441 g/mol. The standard InChI is InChI=1S/C20H16BrN3O4/c1-27-20(26)24-16-8-6-15(7-9-16)23-19(25)13-5-10-18(22-12-13)28-17-4-2-3-14(21)11-17/h2-12H,1H3,(H,23,25)(H,24,26). The van der Waals surface area contributed by atoms with E-state index in [-0.39, 0.29) is 5.91 Å². The molecule has 0 atom stereocenters. The van der Waals surface area contributed by atoms with Gasteiger partial charge < -0.3 is 14.8 Å². The van der Waals surface area contributed by atoms with Crippen LogP contribution in [0.25, 0.3) is 0 Å². The van der Waals surface area contributed by atoms with Crippen molar-refractivity contribution in [1.82, 2.24) is 4.98 Å². The normalized spacial score (nSPS) is 10.1. The molecule has 0 saturated carbocycles. The first-order valence-electron chi connectivity index (χ1n) is 8.19. The fourth-order valence-corrected chi connectivity index (χ4v) is 2.61. The average Bonchev–Trinajstić information content (AvgIpc) is 2.70. The minimum Gasteiger partial charge on any atom is -0.453 e. The molecule has 0 radical (unpaired) electrons. The largest absolute Gasteiger partial charge is 0.453 e. The van der Waals surface area contributed by atoms with Crippen LogP contribution in [0.4, 0.5) is 16.2 Å². The first kappa shape index (κ1) is 19.4. The first-order chi connectivity index (χ1) is 13.5. The predicted octanol–water partition coefficient (Wildman–Crippen LogP) is 5.07. The third kappa shape index (κ3) is 5.31. The predicted molar refractivity (Wildman–Crippen MR) is 109 cm³/mol. The Hall–Kier alpha value is -3.39. The number of rotatable bonds is 5.